The van der Waals surface area contributed by atoms with Crippen molar-refractivity contribution in [1.82, 2.24) is 14.9 Å². The van der Waals surface area contributed by atoms with Crippen molar-refractivity contribution in [3.05, 3.63) is 34.6 Å². The van der Waals surface area contributed by atoms with Gasteiger partial charge in [-0.05, 0) is 38.8 Å². The summed E-state index contributed by atoms with van der Waals surface area (Å²) in [4.78, 5) is 30.0. The molecule has 1 aliphatic carbocycles. The number of carbonyl (C=O) groups excluding carboxylic acids is 1. The largest absolute Gasteiger partial charge is 0.355 e. The van der Waals surface area contributed by atoms with E-state index >= 15 is 0 Å². The average Bonchev–Trinajstić information content (AvgIpc) is 2.63. The molecule has 0 radical (unpaired) electrons. The van der Waals surface area contributed by atoms with Gasteiger partial charge >= 0.3 is 0 Å². The van der Waals surface area contributed by atoms with E-state index < -0.39 is 0 Å². The fourth-order valence-corrected chi connectivity index (χ4v) is 4.40. The second-order valence-electron chi connectivity index (χ2n) is 6.53. The molecule has 2 aromatic rings. The Morgan fingerprint density at radius 2 is 2.04 bits per heavy atom. The third-order valence-electron chi connectivity index (χ3n) is 4.72. The molecule has 0 unspecified atom stereocenters. The zero-order valence-corrected chi connectivity index (χ0v) is 15.6. The first-order chi connectivity index (χ1) is 12.1. The van der Waals surface area contributed by atoms with Crippen LogP contribution in [0.1, 0.15) is 52.0 Å². The Morgan fingerprint density at radius 3 is 2.76 bits per heavy atom. The van der Waals surface area contributed by atoms with Crippen molar-refractivity contribution in [1.29, 1.82) is 0 Å². The first kappa shape index (κ1) is 18.0. The Morgan fingerprint density at radius 1 is 1.32 bits per heavy atom. The zero-order chi connectivity index (χ0) is 17.8. The van der Waals surface area contributed by atoms with Gasteiger partial charge in [0.1, 0.15) is 0 Å². The second kappa shape index (κ2) is 8.04. The molecule has 1 aromatic heterocycles. The fraction of sp³-hybridized carbons (Fsp3) is 0.526. The summed E-state index contributed by atoms with van der Waals surface area (Å²) in [5.74, 6) is -0.0231. The maximum absolute atomic E-state index is 13.1. The van der Waals surface area contributed by atoms with Crippen LogP contribution in [0.3, 0.4) is 0 Å². The van der Waals surface area contributed by atoms with Crippen molar-refractivity contribution in [2.75, 3.05) is 6.54 Å². The van der Waals surface area contributed by atoms with Gasteiger partial charge in [0.25, 0.3) is 5.56 Å². The van der Waals surface area contributed by atoms with Gasteiger partial charge in [-0.3, -0.25) is 14.2 Å². The highest BCUT2D eigenvalue weighted by molar-refractivity contribution is 8.00. The van der Waals surface area contributed by atoms with Crippen molar-refractivity contribution < 1.29 is 4.79 Å². The van der Waals surface area contributed by atoms with E-state index in [2.05, 4.69) is 5.32 Å². The van der Waals surface area contributed by atoms with E-state index in [1.807, 2.05) is 42.7 Å². The molecule has 0 saturated heterocycles. The number of hydrogen-bond donors (Lipinski definition) is 1. The smallest absolute Gasteiger partial charge is 0.262 e. The lowest BCUT2D eigenvalue weighted by atomic mass is 9.95. The highest BCUT2D eigenvalue weighted by Gasteiger charge is 2.24. The topological polar surface area (TPSA) is 64.0 Å². The number of hydrogen-bond acceptors (Lipinski definition) is 4. The van der Waals surface area contributed by atoms with Crippen LogP contribution in [0.25, 0.3) is 10.9 Å². The number of thioether (sulfide) groups is 1. The van der Waals surface area contributed by atoms with E-state index in [1.54, 1.807) is 0 Å². The highest BCUT2D eigenvalue weighted by atomic mass is 32.2. The standard InChI is InChI=1S/C19H25N3O2S/c1-3-20-17(23)13(2)25-19-21-16-12-8-7-11-15(16)18(24)22(19)14-9-5-4-6-10-14/h7-8,11-14H,3-6,9-10H2,1-2H3,(H,20,23)/t13-/m0/s1. The molecule has 1 aliphatic rings. The number of benzene rings is 1. The van der Waals surface area contributed by atoms with Gasteiger partial charge in [0.2, 0.25) is 5.91 Å². The maximum atomic E-state index is 13.1. The van der Waals surface area contributed by atoms with Crippen LogP contribution in [0.15, 0.2) is 34.2 Å². The molecule has 0 bridgehead atoms. The van der Waals surface area contributed by atoms with Crippen LogP contribution in [0.2, 0.25) is 0 Å². The summed E-state index contributed by atoms with van der Waals surface area (Å²) in [6.07, 6.45) is 5.51. The Hall–Kier alpha value is -1.82. The summed E-state index contributed by atoms with van der Waals surface area (Å²) in [7, 11) is 0. The normalized spacial score (nSPS) is 16.7. The second-order valence-corrected chi connectivity index (χ2v) is 7.84. The number of nitrogens with one attached hydrogen (secondary N) is 1. The predicted molar refractivity (Wildman–Crippen MR) is 102 cm³/mol. The Labute approximate surface area is 152 Å². The van der Waals surface area contributed by atoms with E-state index in [0.717, 1.165) is 25.7 Å². The Kier molecular flexibility index (Phi) is 5.78. The van der Waals surface area contributed by atoms with Gasteiger partial charge < -0.3 is 5.32 Å². The molecule has 1 aromatic carbocycles. The number of aromatic nitrogens is 2. The van der Waals surface area contributed by atoms with E-state index in [9.17, 15) is 9.59 Å². The number of rotatable bonds is 5. The Balaban J connectivity index is 2.05. The number of amides is 1. The maximum Gasteiger partial charge on any atom is 0.262 e. The molecule has 134 valence electrons. The van der Waals surface area contributed by atoms with Gasteiger partial charge in [-0.2, -0.15) is 0 Å². The van der Waals surface area contributed by atoms with Crippen LogP contribution in [-0.4, -0.2) is 27.3 Å². The van der Waals surface area contributed by atoms with Gasteiger partial charge in [-0.25, -0.2) is 4.98 Å². The molecule has 25 heavy (non-hydrogen) atoms. The van der Waals surface area contributed by atoms with Crippen molar-refractivity contribution in [2.45, 2.75) is 62.4 Å². The molecular formula is C19H25N3O2S. The van der Waals surface area contributed by atoms with Crippen LogP contribution in [0, 0.1) is 0 Å². The first-order valence-electron chi connectivity index (χ1n) is 9.07. The van der Waals surface area contributed by atoms with Crippen LogP contribution < -0.4 is 10.9 Å². The van der Waals surface area contributed by atoms with E-state index in [1.165, 1.54) is 18.2 Å². The quantitative estimate of drug-likeness (QED) is 0.655. The van der Waals surface area contributed by atoms with E-state index in [4.69, 9.17) is 4.98 Å². The molecule has 3 rings (SSSR count). The molecule has 6 heteroatoms. The SMILES string of the molecule is CCNC(=O)[C@H](C)Sc1nc2ccccc2c(=O)n1C1CCCCC1. The molecule has 1 fully saturated rings. The number of para-hydroxylation sites is 1. The van der Waals surface area contributed by atoms with Gasteiger partial charge in [0.15, 0.2) is 5.16 Å². The summed E-state index contributed by atoms with van der Waals surface area (Å²) >= 11 is 1.38. The third-order valence-corrected chi connectivity index (χ3v) is 5.78. The van der Waals surface area contributed by atoms with E-state index in [-0.39, 0.29) is 22.8 Å². The lowest BCUT2D eigenvalue weighted by molar-refractivity contribution is -0.120. The van der Waals surface area contributed by atoms with Gasteiger partial charge in [0, 0.05) is 12.6 Å². The summed E-state index contributed by atoms with van der Waals surface area (Å²) in [6, 6.07) is 7.65. The van der Waals surface area contributed by atoms with Crippen LogP contribution >= 0.6 is 11.8 Å². The lowest BCUT2D eigenvalue weighted by Gasteiger charge is -2.26. The molecule has 1 saturated carbocycles. The summed E-state index contributed by atoms with van der Waals surface area (Å²) in [5.41, 5.74) is 0.716. The monoisotopic (exact) mass is 359 g/mol. The molecular weight excluding hydrogens is 334 g/mol. The van der Waals surface area contributed by atoms with Crippen LogP contribution in [-0.2, 0) is 4.79 Å². The molecule has 1 N–H and O–H groups in total. The van der Waals surface area contributed by atoms with Crippen molar-refractivity contribution in [2.24, 2.45) is 0 Å². The van der Waals surface area contributed by atoms with Gasteiger partial charge in [0.05, 0.1) is 16.2 Å². The van der Waals surface area contributed by atoms with Crippen LogP contribution in [0.4, 0.5) is 0 Å². The fourth-order valence-electron chi connectivity index (χ4n) is 3.40. The molecule has 1 atom stereocenters. The zero-order valence-electron chi connectivity index (χ0n) is 14.8. The summed E-state index contributed by atoms with van der Waals surface area (Å²) < 4.78 is 1.85. The highest BCUT2D eigenvalue weighted by Crippen LogP contribution is 2.32. The molecule has 1 heterocycles. The lowest BCUT2D eigenvalue weighted by Crippen LogP contribution is -2.33. The van der Waals surface area contributed by atoms with Crippen molar-refractivity contribution in [3.8, 4) is 0 Å². The van der Waals surface area contributed by atoms with Crippen LogP contribution in [0.5, 0.6) is 0 Å². The van der Waals surface area contributed by atoms with Crippen molar-refractivity contribution in [3.63, 3.8) is 0 Å². The molecule has 0 spiro atoms. The minimum Gasteiger partial charge on any atom is -0.355 e. The summed E-state index contributed by atoms with van der Waals surface area (Å²) in [6.45, 7) is 4.37. The number of nitrogens with zero attached hydrogens (tertiary/aromatic N) is 2. The average molecular weight is 359 g/mol. The van der Waals surface area contributed by atoms with Gasteiger partial charge in [-0.15, -0.1) is 0 Å². The Bertz CT molecular complexity index is 812. The first-order valence-corrected chi connectivity index (χ1v) is 9.95. The van der Waals surface area contributed by atoms with Gasteiger partial charge in [-0.1, -0.05) is 43.2 Å². The number of fused-ring (bicyclic) bond motifs is 1. The van der Waals surface area contributed by atoms with E-state index in [0.29, 0.717) is 22.6 Å². The predicted octanol–water partition coefficient (Wildman–Crippen LogP) is 3.52. The molecule has 5 nitrogen and oxygen atoms in total. The third kappa shape index (κ3) is 3.89. The molecule has 0 aliphatic heterocycles. The minimum atomic E-state index is -0.289. The number of carbonyl (C=O) groups is 1. The van der Waals surface area contributed by atoms with Crippen molar-refractivity contribution >= 4 is 28.6 Å². The summed E-state index contributed by atoms with van der Waals surface area (Å²) in [5, 5.41) is 3.87. The molecule has 1 amide bonds. The minimum absolute atomic E-state index is 0.0168.